The number of aromatic nitrogens is 2. The van der Waals surface area contributed by atoms with Crippen molar-refractivity contribution in [3.8, 4) is 11.3 Å². The van der Waals surface area contributed by atoms with E-state index >= 15 is 0 Å². The third-order valence-electron chi connectivity index (χ3n) is 6.12. The second-order valence-corrected chi connectivity index (χ2v) is 8.62. The number of nitrogens with zero attached hydrogens (tertiary/aromatic N) is 2. The van der Waals surface area contributed by atoms with Crippen molar-refractivity contribution in [1.82, 2.24) is 15.1 Å². The lowest BCUT2D eigenvalue weighted by atomic mass is 9.83. The van der Waals surface area contributed by atoms with Crippen molar-refractivity contribution >= 4 is 17.5 Å². The highest BCUT2D eigenvalue weighted by molar-refractivity contribution is 6.30. The molecule has 168 valence electrons. The van der Waals surface area contributed by atoms with Crippen LogP contribution in [0.4, 0.5) is 0 Å². The van der Waals surface area contributed by atoms with Crippen LogP contribution in [-0.4, -0.2) is 72.2 Å². The topological polar surface area (TPSA) is 76.7 Å². The minimum atomic E-state index is -0.189. The normalized spacial score (nSPS) is 20.8. The summed E-state index contributed by atoms with van der Waals surface area (Å²) in [6.45, 7) is 5.98. The predicted molar refractivity (Wildman–Crippen MR) is 118 cm³/mol. The average Bonchev–Trinajstić information content (AvgIpc) is 3.27. The van der Waals surface area contributed by atoms with Crippen molar-refractivity contribution in [2.24, 2.45) is 0 Å². The van der Waals surface area contributed by atoms with Gasteiger partial charge in [0.1, 0.15) is 5.69 Å². The summed E-state index contributed by atoms with van der Waals surface area (Å²) in [6, 6.07) is 9.24. The largest absolute Gasteiger partial charge is 0.379 e. The molecule has 0 bridgehead atoms. The van der Waals surface area contributed by atoms with Gasteiger partial charge in [-0.15, -0.1) is 0 Å². The fourth-order valence-corrected chi connectivity index (χ4v) is 4.60. The predicted octanol–water partition coefficient (Wildman–Crippen LogP) is 3.94. The molecule has 8 heteroatoms. The molecule has 2 aliphatic heterocycles. The van der Waals surface area contributed by atoms with Crippen molar-refractivity contribution in [2.45, 2.75) is 44.3 Å². The number of nitrogens with one attached hydrogen (secondary N) is 1. The standard InChI is InChI=1S/C23H30ClN3O4/c1-2-29-12-13-30-19-6-11-31-23(16-19)7-9-27(10-8-23)22(28)21-15-20(25-26-21)17-4-3-5-18(24)14-17/h3-5,14-15,19H,2,6-13,16H2,1H3,(H,25,26). The number of ether oxygens (including phenoxy) is 3. The van der Waals surface area contributed by atoms with Crippen LogP contribution in [0, 0.1) is 0 Å². The molecule has 1 spiro atoms. The zero-order valence-corrected chi connectivity index (χ0v) is 18.7. The maximum absolute atomic E-state index is 13.0. The van der Waals surface area contributed by atoms with E-state index < -0.39 is 0 Å². The van der Waals surface area contributed by atoms with Crippen LogP contribution in [-0.2, 0) is 14.2 Å². The van der Waals surface area contributed by atoms with E-state index in [1.165, 1.54) is 0 Å². The van der Waals surface area contributed by atoms with Gasteiger partial charge in [-0.05, 0) is 44.4 Å². The first-order valence-corrected chi connectivity index (χ1v) is 11.4. The molecule has 1 amide bonds. The average molecular weight is 448 g/mol. The van der Waals surface area contributed by atoms with Crippen LogP contribution in [0.25, 0.3) is 11.3 Å². The van der Waals surface area contributed by atoms with Gasteiger partial charge in [-0.2, -0.15) is 5.10 Å². The summed E-state index contributed by atoms with van der Waals surface area (Å²) < 4.78 is 17.6. The molecule has 2 fully saturated rings. The Kier molecular flexibility index (Phi) is 7.27. The van der Waals surface area contributed by atoms with Gasteiger partial charge in [0.05, 0.1) is 30.6 Å². The van der Waals surface area contributed by atoms with Crippen LogP contribution >= 0.6 is 11.6 Å². The second kappa shape index (κ2) is 10.1. The maximum atomic E-state index is 13.0. The number of hydrogen-bond acceptors (Lipinski definition) is 5. The Hall–Kier alpha value is -1.93. The van der Waals surface area contributed by atoms with Crippen LogP contribution in [0.1, 0.15) is 43.1 Å². The van der Waals surface area contributed by atoms with Gasteiger partial charge < -0.3 is 19.1 Å². The second-order valence-electron chi connectivity index (χ2n) is 8.18. The fraction of sp³-hybridized carbons (Fsp3) is 0.565. The minimum absolute atomic E-state index is 0.0315. The molecule has 0 saturated carbocycles. The number of halogens is 1. The molecule has 1 N–H and O–H groups in total. The van der Waals surface area contributed by atoms with Gasteiger partial charge >= 0.3 is 0 Å². The Morgan fingerprint density at radius 3 is 2.94 bits per heavy atom. The summed E-state index contributed by atoms with van der Waals surface area (Å²) in [4.78, 5) is 14.9. The van der Waals surface area contributed by atoms with Gasteiger partial charge in [0, 0.05) is 43.3 Å². The fourth-order valence-electron chi connectivity index (χ4n) is 4.41. The Bertz CT molecular complexity index is 879. The molecule has 2 aromatic rings. The first-order chi connectivity index (χ1) is 15.1. The SMILES string of the molecule is CCOCCOC1CCOC2(CCN(C(=O)c3cc(-c4cccc(Cl)c4)n[nH]3)CC2)C1. The Labute approximate surface area is 188 Å². The van der Waals surface area contributed by atoms with E-state index in [4.69, 9.17) is 25.8 Å². The number of hydrogen-bond donors (Lipinski definition) is 1. The van der Waals surface area contributed by atoms with Crippen LogP contribution in [0.3, 0.4) is 0 Å². The van der Waals surface area contributed by atoms with E-state index in [1.54, 1.807) is 6.07 Å². The zero-order valence-electron chi connectivity index (χ0n) is 17.9. The number of rotatable bonds is 7. The Balaban J connectivity index is 1.32. The van der Waals surface area contributed by atoms with Crippen molar-refractivity contribution in [2.75, 3.05) is 39.5 Å². The lowest BCUT2D eigenvalue weighted by Gasteiger charge is -2.46. The van der Waals surface area contributed by atoms with Crippen LogP contribution in [0.15, 0.2) is 30.3 Å². The molecule has 1 atom stereocenters. The van der Waals surface area contributed by atoms with Crippen LogP contribution < -0.4 is 0 Å². The summed E-state index contributed by atoms with van der Waals surface area (Å²) in [6.07, 6.45) is 3.63. The Morgan fingerprint density at radius 1 is 1.32 bits per heavy atom. The summed E-state index contributed by atoms with van der Waals surface area (Å²) in [5, 5.41) is 7.82. The van der Waals surface area contributed by atoms with Crippen molar-refractivity contribution in [3.63, 3.8) is 0 Å². The molecular weight excluding hydrogens is 418 g/mol. The summed E-state index contributed by atoms with van der Waals surface area (Å²) >= 11 is 6.07. The molecule has 1 unspecified atom stereocenters. The van der Waals surface area contributed by atoms with Crippen LogP contribution in [0.5, 0.6) is 0 Å². The van der Waals surface area contributed by atoms with E-state index in [-0.39, 0.29) is 17.6 Å². The highest BCUT2D eigenvalue weighted by atomic mass is 35.5. The molecule has 4 rings (SSSR count). The molecule has 0 radical (unpaired) electrons. The number of H-pyrrole nitrogens is 1. The third kappa shape index (κ3) is 5.47. The quantitative estimate of drug-likeness (QED) is 0.650. The molecule has 1 aromatic carbocycles. The minimum Gasteiger partial charge on any atom is -0.379 e. The number of aromatic amines is 1. The lowest BCUT2D eigenvalue weighted by molar-refractivity contribution is -0.155. The number of carbonyl (C=O) groups is 1. The van der Waals surface area contributed by atoms with Crippen molar-refractivity contribution < 1.29 is 19.0 Å². The number of likely N-dealkylation sites (tertiary alicyclic amines) is 1. The summed E-state index contributed by atoms with van der Waals surface area (Å²) in [7, 11) is 0. The molecule has 3 heterocycles. The molecular formula is C23H30ClN3O4. The van der Waals surface area contributed by atoms with Gasteiger partial charge in [0.25, 0.3) is 5.91 Å². The van der Waals surface area contributed by atoms with Gasteiger partial charge in [0.15, 0.2) is 0 Å². The highest BCUT2D eigenvalue weighted by Gasteiger charge is 2.41. The monoisotopic (exact) mass is 447 g/mol. The molecule has 1 aromatic heterocycles. The van der Waals surface area contributed by atoms with Gasteiger partial charge in [-0.1, -0.05) is 23.7 Å². The van der Waals surface area contributed by atoms with E-state index in [0.29, 0.717) is 55.9 Å². The summed E-state index contributed by atoms with van der Waals surface area (Å²) in [5.41, 5.74) is 1.90. The zero-order chi connectivity index (χ0) is 21.7. The Morgan fingerprint density at radius 2 is 2.16 bits per heavy atom. The molecule has 31 heavy (non-hydrogen) atoms. The number of benzene rings is 1. The van der Waals surface area contributed by atoms with Gasteiger partial charge in [-0.25, -0.2) is 0 Å². The van der Waals surface area contributed by atoms with Gasteiger partial charge in [-0.3, -0.25) is 9.89 Å². The van der Waals surface area contributed by atoms with E-state index in [9.17, 15) is 4.79 Å². The highest BCUT2D eigenvalue weighted by Crippen LogP contribution is 2.36. The van der Waals surface area contributed by atoms with E-state index in [1.807, 2.05) is 36.1 Å². The number of carbonyl (C=O) groups excluding carboxylic acids is 1. The lowest BCUT2D eigenvalue weighted by Crippen LogP contribution is -2.52. The van der Waals surface area contributed by atoms with Crippen molar-refractivity contribution in [1.29, 1.82) is 0 Å². The molecule has 0 aliphatic carbocycles. The smallest absolute Gasteiger partial charge is 0.271 e. The van der Waals surface area contributed by atoms with E-state index in [2.05, 4.69) is 10.2 Å². The van der Waals surface area contributed by atoms with Crippen LogP contribution in [0.2, 0.25) is 5.02 Å². The van der Waals surface area contributed by atoms with E-state index in [0.717, 1.165) is 31.2 Å². The first kappa shape index (κ1) is 22.3. The molecule has 2 aliphatic rings. The summed E-state index contributed by atoms with van der Waals surface area (Å²) in [5.74, 6) is -0.0315. The molecule has 7 nitrogen and oxygen atoms in total. The third-order valence-corrected chi connectivity index (χ3v) is 6.36. The number of amides is 1. The first-order valence-electron chi connectivity index (χ1n) is 11.0. The van der Waals surface area contributed by atoms with Gasteiger partial charge in [0.2, 0.25) is 0 Å². The number of piperidine rings is 1. The maximum Gasteiger partial charge on any atom is 0.271 e. The van der Waals surface area contributed by atoms with Crippen molar-refractivity contribution in [3.05, 3.63) is 41.0 Å². The molecule has 2 saturated heterocycles.